The van der Waals surface area contributed by atoms with Crippen LogP contribution in [0.4, 0.5) is 0 Å². The fourth-order valence-electron chi connectivity index (χ4n) is 0.788. The standard InChI is InChI=1S/C10H11N.4C2H6/c1-3-4-7-10-9(2)6-5-8-11-10;4*1-2/h3-8H,2H2,1H3;4*1-2H3/b4-3-,10-7+;;;;. The van der Waals surface area contributed by atoms with Crippen molar-refractivity contribution in [2.24, 2.45) is 0 Å². The molecular formula is C18H35N. The zero-order chi connectivity index (χ0) is 16.1. The van der Waals surface area contributed by atoms with Crippen molar-refractivity contribution in [2.75, 3.05) is 0 Å². The van der Waals surface area contributed by atoms with E-state index in [9.17, 15) is 0 Å². The summed E-state index contributed by atoms with van der Waals surface area (Å²) in [6.07, 6.45) is 7.64. The van der Waals surface area contributed by atoms with Crippen LogP contribution in [0.25, 0.3) is 12.7 Å². The molecule has 0 amide bonds. The van der Waals surface area contributed by atoms with Gasteiger partial charge in [-0.25, -0.2) is 0 Å². The van der Waals surface area contributed by atoms with E-state index in [-0.39, 0.29) is 0 Å². The highest BCUT2D eigenvalue weighted by Gasteiger charge is 1.77. The van der Waals surface area contributed by atoms with E-state index in [0.29, 0.717) is 0 Å². The van der Waals surface area contributed by atoms with Gasteiger partial charge in [-0.05, 0) is 24.3 Å². The van der Waals surface area contributed by atoms with E-state index in [1.54, 1.807) is 6.20 Å². The van der Waals surface area contributed by atoms with E-state index in [1.165, 1.54) is 0 Å². The third kappa shape index (κ3) is 19.2. The minimum Gasteiger partial charge on any atom is -0.256 e. The van der Waals surface area contributed by atoms with E-state index < -0.39 is 0 Å². The van der Waals surface area contributed by atoms with Crippen LogP contribution in [0.5, 0.6) is 0 Å². The first-order valence-corrected chi connectivity index (χ1v) is 7.57. The molecule has 0 saturated heterocycles. The number of nitrogens with zero attached hydrogens (tertiary/aromatic N) is 1. The van der Waals surface area contributed by atoms with Crippen LogP contribution in [-0.2, 0) is 0 Å². The first kappa shape index (κ1) is 26.2. The molecule has 1 rings (SSSR count). The van der Waals surface area contributed by atoms with Crippen LogP contribution in [0, 0.1) is 0 Å². The zero-order valence-electron chi connectivity index (χ0n) is 14.6. The minimum atomic E-state index is 0.936. The van der Waals surface area contributed by atoms with Crippen LogP contribution >= 0.6 is 0 Å². The topological polar surface area (TPSA) is 12.9 Å². The Hall–Kier alpha value is -1.37. The first-order valence-electron chi connectivity index (χ1n) is 7.57. The summed E-state index contributed by atoms with van der Waals surface area (Å²) in [5.41, 5.74) is 0. The molecule has 0 spiro atoms. The maximum absolute atomic E-state index is 4.15. The van der Waals surface area contributed by atoms with Gasteiger partial charge in [0.05, 0.1) is 5.35 Å². The fraction of sp³-hybridized carbons (Fsp3) is 0.500. The van der Waals surface area contributed by atoms with Crippen molar-refractivity contribution in [3.8, 4) is 0 Å². The average molecular weight is 265 g/mol. The molecule has 0 aliphatic heterocycles. The summed E-state index contributed by atoms with van der Waals surface area (Å²) >= 11 is 0. The second kappa shape index (κ2) is 30.0. The Morgan fingerprint density at radius 2 is 1.42 bits per heavy atom. The minimum absolute atomic E-state index is 0.936. The Morgan fingerprint density at radius 3 is 1.79 bits per heavy atom. The molecule has 1 heteroatoms. The van der Waals surface area contributed by atoms with Crippen LogP contribution < -0.4 is 10.6 Å². The molecule has 0 unspecified atom stereocenters. The van der Waals surface area contributed by atoms with Gasteiger partial charge in [-0.15, -0.1) is 0 Å². The fourth-order valence-corrected chi connectivity index (χ4v) is 0.788. The van der Waals surface area contributed by atoms with Crippen molar-refractivity contribution >= 4 is 12.7 Å². The van der Waals surface area contributed by atoms with Crippen LogP contribution in [0.3, 0.4) is 0 Å². The van der Waals surface area contributed by atoms with Crippen LogP contribution in [-0.4, -0.2) is 4.98 Å². The molecule has 0 aliphatic rings. The zero-order valence-corrected chi connectivity index (χ0v) is 14.6. The quantitative estimate of drug-likeness (QED) is 0.700. The molecule has 0 bridgehead atoms. The van der Waals surface area contributed by atoms with Crippen LogP contribution in [0.1, 0.15) is 62.3 Å². The molecule has 1 aromatic rings. The molecule has 0 atom stereocenters. The Balaban J connectivity index is -0.000000121. The van der Waals surface area contributed by atoms with Gasteiger partial charge in [-0.3, -0.25) is 4.98 Å². The Morgan fingerprint density at radius 1 is 0.947 bits per heavy atom. The van der Waals surface area contributed by atoms with Gasteiger partial charge in [0.1, 0.15) is 0 Å². The molecular weight excluding hydrogens is 230 g/mol. The molecule has 1 aromatic heterocycles. The SMILES string of the molecule is C=c1cccn/c1=C/C=C\C.CC.CC.CC.CC. The highest BCUT2D eigenvalue weighted by atomic mass is 14.6. The predicted octanol–water partition coefficient (Wildman–Crippen LogP) is 4.95. The third-order valence-electron chi connectivity index (χ3n) is 1.37. The molecule has 0 aromatic carbocycles. The highest BCUT2D eigenvalue weighted by molar-refractivity contribution is 5.34. The maximum Gasteiger partial charge on any atom is 0.0695 e. The summed E-state index contributed by atoms with van der Waals surface area (Å²) in [5, 5.41) is 1.90. The predicted molar refractivity (Wildman–Crippen MR) is 93.7 cm³/mol. The number of pyridine rings is 1. The van der Waals surface area contributed by atoms with Gasteiger partial charge in [0, 0.05) is 6.20 Å². The van der Waals surface area contributed by atoms with Crippen LogP contribution in [0.2, 0.25) is 0 Å². The van der Waals surface area contributed by atoms with Gasteiger partial charge in [-0.2, -0.15) is 0 Å². The molecule has 0 saturated carbocycles. The lowest BCUT2D eigenvalue weighted by Gasteiger charge is -1.83. The normalized spacial score (nSPS) is 8.58. The average Bonchev–Trinajstić information content (AvgIpc) is 2.54. The lowest BCUT2D eigenvalue weighted by molar-refractivity contribution is 1.23. The summed E-state index contributed by atoms with van der Waals surface area (Å²) in [7, 11) is 0. The van der Waals surface area contributed by atoms with Crippen molar-refractivity contribution < 1.29 is 0 Å². The van der Waals surface area contributed by atoms with Gasteiger partial charge in [0.15, 0.2) is 0 Å². The Kier molecular flexibility index (Phi) is 41.5. The van der Waals surface area contributed by atoms with Crippen LogP contribution in [0.15, 0.2) is 30.5 Å². The summed E-state index contributed by atoms with van der Waals surface area (Å²) in [5.74, 6) is 0. The highest BCUT2D eigenvalue weighted by Crippen LogP contribution is 1.70. The first-order chi connectivity index (χ1) is 9.34. The van der Waals surface area contributed by atoms with E-state index in [1.807, 2.05) is 92.7 Å². The van der Waals surface area contributed by atoms with Crippen molar-refractivity contribution in [3.63, 3.8) is 0 Å². The van der Waals surface area contributed by atoms with Gasteiger partial charge in [0.2, 0.25) is 0 Å². The van der Waals surface area contributed by atoms with Gasteiger partial charge in [0.25, 0.3) is 0 Å². The molecule has 0 radical (unpaired) electrons. The maximum atomic E-state index is 4.15. The molecule has 0 fully saturated rings. The third-order valence-corrected chi connectivity index (χ3v) is 1.37. The summed E-state index contributed by atoms with van der Waals surface area (Å²) in [6.45, 7) is 21.8. The largest absolute Gasteiger partial charge is 0.256 e. The van der Waals surface area contributed by atoms with E-state index in [2.05, 4.69) is 11.6 Å². The number of aromatic nitrogens is 1. The molecule has 0 N–H and O–H groups in total. The molecule has 1 nitrogen and oxygen atoms in total. The summed E-state index contributed by atoms with van der Waals surface area (Å²) < 4.78 is 0. The smallest absolute Gasteiger partial charge is 0.0695 e. The van der Waals surface area contributed by atoms with Crippen molar-refractivity contribution in [1.82, 2.24) is 4.98 Å². The monoisotopic (exact) mass is 265 g/mol. The van der Waals surface area contributed by atoms with E-state index >= 15 is 0 Å². The molecule has 0 aliphatic carbocycles. The second-order valence-corrected chi connectivity index (χ2v) is 2.24. The van der Waals surface area contributed by atoms with Gasteiger partial charge >= 0.3 is 0 Å². The van der Waals surface area contributed by atoms with Gasteiger partial charge < -0.3 is 0 Å². The van der Waals surface area contributed by atoms with Crippen molar-refractivity contribution in [1.29, 1.82) is 0 Å². The van der Waals surface area contributed by atoms with E-state index in [0.717, 1.165) is 10.6 Å². The van der Waals surface area contributed by atoms with Crippen molar-refractivity contribution in [3.05, 3.63) is 41.0 Å². The second-order valence-electron chi connectivity index (χ2n) is 2.24. The number of hydrogen-bond donors (Lipinski definition) is 0. The Labute approximate surface area is 121 Å². The molecule has 19 heavy (non-hydrogen) atoms. The lowest BCUT2D eigenvalue weighted by atomic mass is 10.3. The van der Waals surface area contributed by atoms with Gasteiger partial charge in [-0.1, -0.05) is 80.2 Å². The summed E-state index contributed by atoms with van der Waals surface area (Å²) in [6, 6.07) is 3.83. The molecule has 1 heterocycles. The molecule has 112 valence electrons. The lowest BCUT2D eigenvalue weighted by Crippen LogP contribution is -2.25. The number of allylic oxidation sites excluding steroid dienone is 2. The van der Waals surface area contributed by atoms with Crippen molar-refractivity contribution in [2.45, 2.75) is 62.3 Å². The van der Waals surface area contributed by atoms with E-state index in [4.69, 9.17) is 0 Å². The Bertz CT molecular complexity index is 350. The number of rotatable bonds is 1. The summed E-state index contributed by atoms with van der Waals surface area (Å²) in [4.78, 5) is 4.15. The number of hydrogen-bond acceptors (Lipinski definition) is 1.